The minimum atomic E-state index is -0.437. The fourth-order valence-electron chi connectivity index (χ4n) is 2.25. The van der Waals surface area contributed by atoms with Gasteiger partial charge in [0.15, 0.2) is 0 Å². The van der Waals surface area contributed by atoms with E-state index in [9.17, 15) is 4.79 Å². The van der Waals surface area contributed by atoms with Gasteiger partial charge < -0.3 is 9.57 Å². The molecule has 0 saturated carbocycles. The number of hydrogen-bond acceptors (Lipinski definition) is 4. The van der Waals surface area contributed by atoms with Crippen molar-refractivity contribution < 1.29 is 14.4 Å². The van der Waals surface area contributed by atoms with E-state index in [0.29, 0.717) is 17.9 Å². The molecule has 23 heavy (non-hydrogen) atoms. The number of benzene rings is 2. The topological polar surface area (TPSA) is 47.9 Å². The van der Waals surface area contributed by atoms with E-state index < -0.39 is 5.97 Å². The summed E-state index contributed by atoms with van der Waals surface area (Å²) in [7, 11) is 0. The largest absolute Gasteiger partial charge is 0.494 e. The van der Waals surface area contributed by atoms with Crippen LogP contribution in [-0.4, -0.2) is 18.3 Å². The number of nitrogens with zero attached hydrogens (tertiary/aromatic N) is 1. The van der Waals surface area contributed by atoms with Crippen LogP contribution in [-0.2, 0) is 9.63 Å². The lowest BCUT2D eigenvalue weighted by Gasteiger charge is -2.04. The lowest BCUT2D eigenvalue weighted by molar-refractivity contribution is -0.136. The van der Waals surface area contributed by atoms with Crippen molar-refractivity contribution in [2.24, 2.45) is 5.16 Å². The summed E-state index contributed by atoms with van der Waals surface area (Å²) in [6, 6.07) is 15.3. The molecule has 0 bridgehead atoms. The first-order chi connectivity index (χ1) is 11.2. The van der Waals surface area contributed by atoms with Crippen LogP contribution < -0.4 is 4.74 Å². The zero-order chi connectivity index (χ0) is 16.2. The monoisotopic (exact) mass is 419 g/mol. The van der Waals surface area contributed by atoms with E-state index >= 15 is 0 Å². The normalized spacial score (nSPS) is 15.5. The smallest absolute Gasteiger partial charge is 0.368 e. The number of oxime groups is 1. The Labute approximate surface area is 147 Å². The van der Waals surface area contributed by atoms with E-state index in [4.69, 9.17) is 9.57 Å². The highest BCUT2D eigenvalue weighted by Crippen LogP contribution is 2.22. The zero-order valence-electron chi connectivity index (χ0n) is 12.5. The Bertz CT molecular complexity index is 794. The van der Waals surface area contributed by atoms with Crippen LogP contribution in [0.4, 0.5) is 0 Å². The number of ether oxygens (including phenoxy) is 1. The van der Waals surface area contributed by atoms with Gasteiger partial charge in [0.1, 0.15) is 11.5 Å². The van der Waals surface area contributed by atoms with Gasteiger partial charge in [-0.3, -0.25) is 0 Å². The van der Waals surface area contributed by atoms with Gasteiger partial charge in [-0.25, -0.2) is 4.79 Å². The zero-order valence-corrected chi connectivity index (χ0v) is 14.6. The molecule has 4 nitrogen and oxygen atoms in total. The van der Waals surface area contributed by atoms with Crippen molar-refractivity contribution in [3.63, 3.8) is 0 Å². The summed E-state index contributed by atoms with van der Waals surface area (Å²) in [6.45, 7) is 2.56. The molecule has 0 amide bonds. The summed E-state index contributed by atoms with van der Waals surface area (Å²) in [4.78, 5) is 16.8. The maximum atomic E-state index is 12.0. The summed E-state index contributed by atoms with van der Waals surface area (Å²) in [6.07, 6.45) is 1.78. The minimum absolute atomic E-state index is 0.437. The van der Waals surface area contributed by atoms with Crippen LogP contribution in [0.3, 0.4) is 0 Å². The summed E-state index contributed by atoms with van der Waals surface area (Å²) in [5, 5.41) is 3.92. The van der Waals surface area contributed by atoms with Gasteiger partial charge in [0.05, 0.1) is 12.2 Å². The van der Waals surface area contributed by atoms with Crippen LogP contribution in [0.15, 0.2) is 59.3 Å². The first-order valence-electron chi connectivity index (χ1n) is 7.17. The molecule has 3 rings (SSSR count). The van der Waals surface area contributed by atoms with Crippen LogP contribution in [0.2, 0.25) is 0 Å². The molecule has 0 N–H and O–H groups in total. The van der Waals surface area contributed by atoms with Crippen LogP contribution in [0.25, 0.3) is 6.08 Å². The van der Waals surface area contributed by atoms with E-state index in [1.54, 1.807) is 6.08 Å². The number of hydrogen-bond donors (Lipinski definition) is 0. The van der Waals surface area contributed by atoms with Gasteiger partial charge in [0.25, 0.3) is 0 Å². The lowest BCUT2D eigenvalue weighted by atomic mass is 10.0. The Hall–Kier alpha value is -2.15. The van der Waals surface area contributed by atoms with Gasteiger partial charge in [-0.05, 0) is 65.4 Å². The van der Waals surface area contributed by atoms with E-state index in [0.717, 1.165) is 20.4 Å². The summed E-state index contributed by atoms with van der Waals surface area (Å²) in [5.41, 5.74) is 2.76. The van der Waals surface area contributed by atoms with Crippen molar-refractivity contribution in [3.05, 3.63) is 68.8 Å². The standard InChI is InChI=1S/C18H14INO3/c1-2-22-15-8-6-12(7-9-15)10-16-17(20-23-18(16)21)13-4-3-5-14(19)11-13/h3-11H,2H2,1H3. The molecule has 1 aliphatic rings. The molecular formula is C18H14INO3. The van der Waals surface area contributed by atoms with Gasteiger partial charge >= 0.3 is 5.97 Å². The van der Waals surface area contributed by atoms with Crippen molar-refractivity contribution in [1.29, 1.82) is 0 Å². The van der Waals surface area contributed by atoms with Crippen molar-refractivity contribution in [1.82, 2.24) is 0 Å². The Kier molecular flexibility index (Phi) is 4.76. The van der Waals surface area contributed by atoms with Crippen LogP contribution in [0.1, 0.15) is 18.1 Å². The number of carbonyl (C=O) groups excluding carboxylic acids is 1. The molecule has 0 radical (unpaired) electrons. The molecule has 1 heterocycles. The van der Waals surface area contributed by atoms with E-state index in [2.05, 4.69) is 27.7 Å². The maximum Gasteiger partial charge on any atom is 0.368 e. The maximum absolute atomic E-state index is 12.0. The molecule has 116 valence electrons. The molecule has 0 unspecified atom stereocenters. The molecule has 2 aromatic carbocycles. The molecule has 2 aromatic rings. The van der Waals surface area contributed by atoms with Crippen molar-refractivity contribution >= 4 is 40.3 Å². The minimum Gasteiger partial charge on any atom is -0.494 e. The molecular weight excluding hydrogens is 405 g/mol. The van der Waals surface area contributed by atoms with E-state index in [1.165, 1.54) is 0 Å². The second-order valence-electron chi connectivity index (χ2n) is 4.89. The third kappa shape index (κ3) is 3.61. The summed E-state index contributed by atoms with van der Waals surface area (Å²) < 4.78 is 6.49. The van der Waals surface area contributed by atoms with Gasteiger partial charge in [-0.15, -0.1) is 0 Å². The average Bonchev–Trinajstić information content (AvgIpc) is 2.91. The SMILES string of the molecule is CCOc1ccc(C=C2C(=O)ON=C2c2cccc(I)c2)cc1. The number of halogens is 1. The summed E-state index contributed by atoms with van der Waals surface area (Å²) >= 11 is 2.23. The lowest BCUT2D eigenvalue weighted by Crippen LogP contribution is -2.07. The summed E-state index contributed by atoms with van der Waals surface area (Å²) in [5.74, 6) is 0.364. The predicted molar refractivity (Wildman–Crippen MR) is 97.4 cm³/mol. The van der Waals surface area contributed by atoms with E-state index in [1.807, 2.05) is 55.5 Å². The second kappa shape index (κ2) is 6.95. The quantitative estimate of drug-likeness (QED) is 0.427. The Morgan fingerprint density at radius 3 is 2.70 bits per heavy atom. The molecule has 0 fully saturated rings. The second-order valence-corrected chi connectivity index (χ2v) is 6.13. The predicted octanol–water partition coefficient (Wildman–Crippen LogP) is 4.03. The first kappa shape index (κ1) is 15.7. The van der Waals surface area contributed by atoms with Gasteiger partial charge in [0.2, 0.25) is 0 Å². The van der Waals surface area contributed by atoms with Crippen molar-refractivity contribution in [2.75, 3.05) is 6.61 Å². The first-order valence-corrected chi connectivity index (χ1v) is 8.25. The molecule has 0 saturated heterocycles. The van der Waals surface area contributed by atoms with Gasteiger partial charge in [-0.2, -0.15) is 0 Å². The highest BCUT2D eigenvalue weighted by Gasteiger charge is 2.26. The highest BCUT2D eigenvalue weighted by atomic mass is 127. The molecule has 0 atom stereocenters. The van der Waals surface area contributed by atoms with Crippen molar-refractivity contribution in [2.45, 2.75) is 6.92 Å². The van der Waals surface area contributed by atoms with Crippen LogP contribution in [0, 0.1) is 3.57 Å². The molecule has 1 aliphatic heterocycles. The fourth-order valence-corrected chi connectivity index (χ4v) is 2.79. The van der Waals surface area contributed by atoms with Crippen LogP contribution >= 0.6 is 22.6 Å². The van der Waals surface area contributed by atoms with Crippen molar-refractivity contribution in [3.8, 4) is 5.75 Å². The third-order valence-corrected chi connectivity index (χ3v) is 3.97. The number of carbonyl (C=O) groups is 1. The van der Waals surface area contributed by atoms with Gasteiger partial charge in [-0.1, -0.05) is 29.4 Å². The molecule has 5 heteroatoms. The Balaban J connectivity index is 1.92. The van der Waals surface area contributed by atoms with E-state index in [-0.39, 0.29) is 0 Å². The average molecular weight is 419 g/mol. The molecule has 0 aromatic heterocycles. The van der Waals surface area contributed by atoms with Crippen LogP contribution in [0.5, 0.6) is 5.75 Å². The number of rotatable bonds is 4. The fraction of sp³-hybridized carbons (Fsp3) is 0.111. The third-order valence-electron chi connectivity index (χ3n) is 3.30. The Morgan fingerprint density at radius 1 is 1.22 bits per heavy atom. The highest BCUT2D eigenvalue weighted by molar-refractivity contribution is 14.1. The molecule has 0 spiro atoms. The Morgan fingerprint density at radius 2 is 2.00 bits per heavy atom. The molecule has 0 aliphatic carbocycles. The van der Waals surface area contributed by atoms with Gasteiger partial charge in [0, 0.05) is 9.13 Å².